The van der Waals surface area contributed by atoms with Crippen LogP contribution in [0.5, 0.6) is 0 Å². The van der Waals surface area contributed by atoms with Crippen molar-refractivity contribution in [1.82, 2.24) is 9.97 Å². The molecule has 1 saturated heterocycles. The van der Waals surface area contributed by atoms with Crippen molar-refractivity contribution in [2.24, 2.45) is 5.92 Å². The smallest absolute Gasteiger partial charge is 0.168 e. The van der Waals surface area contributed by atoms with E-state index in [2.05, 4.69) is 45.2 Å². The highest BCUT2D eigenvalue weighted by Gasteiger charge is 2.29. The van der Waals surface area contributed by atoms with E-state index in [0.717, 1.165) is 54.7 Å². The lowest BCUT2D eigenvalue weighted by Crippen LogP contribution is -2.39. The van der Waals surface area contributed by atoms with Crippen molar-refractivity contribution in [3.8, 4) is 0 Å². The minimum Gasteiger partial charge on any atom is -0.378 e. The Kier molecular flexibility index (Phi) is 4.76. The fraction of sp³-hybridized carbons (Fsp3) is 0.375. The summed E-state index contributed by atoms with van der Waals surface area (Å²) in [6.45, 7) is 2.08. The van der Waals surface area contributed by atoms with Crippen LogP contribution in [0.15, 0.2) is 42.7 Å². The largest absolute Gasteiger partial charge is 0.378 e. The van der Waals surface area contributed by atoms with Gasteiger partial charge in [-0.15, -0.1) is 0 Å². The summed E-state index contributed by atoms with van der Waals surface area (Å²) in [5.74, 6) is 1.13. The van der Waals surface area contributed by atoms with Gasteiger partial charge in [0.2, 0.25) is 0 Å². The van der Waals surface area contributed by atoms with Crippen LogP contribution in [0, 0.1) is 5.92 Å². The van der Waals surface area contributed by atoms with Crippen LogP contribution in [0.3, 0.4) is 0 Å². The number of benzene rings is 2. The number of hydrogen-bond acceptors (Lipinski definition) is 5. The summed E-state index contributed by atoms with van der Waals surface area (Å²) in [6.07, 6.45) is 5.66. The number of aryl methyl sites for hydroxylation is 2. The molecular weight excluding hydrogens is 362 g/mol. The normalized spacial score (nSPS) is 18.4. The lowest BCUT2D eigenvalue weighted by molar-refractivity contribution is 0.0909. The molecule has 1 atom stereocenters. The van der Waals surface area contributed by atoms with Crippen LogP contribution in [-0.4, -0.2) is 36.0 Å². The second kappa shape index (κ2) is 7.56. The minimum absolute atomic E-state index is 0.0111. The van der Waals surface area contributed by atoms with Crippen molar-refractivity contribution in [3.63, 3.8) is 0 Å². The van der Waals surface area contributed by atoms with Crippen molar-refractivity contribution in [2.75, 3.05) is 25.1 Å². The van der Waals surface area contributed by atoms with E-state index in [1.165, 1.54) is 16.5 Å². The number of Topliss-reactive ketones (excluding diaryl/α,β-unsaturated/α-hetero) is 1. The number of ether oxygens (including phenoxy) is 1. The Hall–Kier alpha value is -2.79. The van der Waals surface area contributed by atoms with Gasteiger partial charge in [-0.25, -0.2) is 9.97 Å². The Morgan fingerprint density at radius 2 is 2.03 bits per heavy atom. The zero-order valence-electron chi connectivity index (χ0n) is 16.7. The number of nitrogens with zero attached hydrogens (tertiary/aromatic N) is 3. The third-order valence-electron chi connectivity index (χ3n) is 6.26. The molecule has 3 aromatic rings. The quantitative estimate of drug-likeness (QED) is 0.620. The zero-order chi connectivity index (χ0) is 19.8. The second-order valence-corrected chi connectivity index (χ2v) is 8.06. The van der Waals surface area contributed by atoms with Gasteiger partial charge in [-0.2, -0.15) is 0 Å². The van der Waals surface area contributed by atoms with Gasteiger partial charge in [0, 0.05) is 37.7 Å². The van der Waals surface area contributed by atoms with E-state index in [-0.39, 0.29) is 11.7 Å². The first-order chi connectivity index (χ1) is 14.2. The summed E-state index contributed by atoms with van der Waals surface area (Å²) >= 11 is 0. The first kappa shape index (κ1) is 18.3. The van der Waals surface area contributed by atoms with Gasteiger partial charge < -0.3 is 9.64 Å². The van der Waals surface area contributed by atoms with Gasteiger partial charge >= 0.3 is 0 Å². The maximum atomic E-state index is 13.5. The van der Waals surface area contributed by atoms with Crippen LogP contribution in [0.2, 0.25) is 0 Å². The van der Waals surface area contributed by atoms with E-state index in [1.807, 2.05) is 6.07 Å². The van der Waals surface area contributed by atoms with Crippen LogP contribution in [0.1, 0.15) is 40.0 Å². The molecule has 1 fully saturated rings. The highest BCUT2D eigenvalue weighted by atomic mass is 16.5. The van der Waals surface area contributed by atoms with Crippen molar-refractivity contribution in [1.29, 1.82) is 0 Å². The van der Waals surface area contributed by atoms with Gasteiger partial charge in [-0.05, 0) is 47.6 Å². The number of carbonyl (C=O) groups excluding carboxylic acids is 1. The molecule has 0 bridgehead atoms. The SMILES string of the molecule is COCc1cc(N2CCC[C@H](C(=O)c3ccc4c5c(cccc35)CC4)C2)ncn1. The van der Waals surface area contributed by atoms with Crippen LogP contribution < -0.4 is 4.90 Å². The Balaban J connectivity index is 1.43. The molecule has 0 unspecified atom stereocenters. The third kappa shape index (κ3) is 3.29. The third-order valence-corrected chi connectivity index (χ3v) is 6.26. The second-order valence-electron chi connectivity index (χ2n) is 8.06. The number of piperidine rings is 1. The van der Waals surface area contributed by atoms with Gasteiger partial charge in [0.05, 0.1) is 12.3 Å². The molecule has 29 heavy (non-hydrogen) atoms. The summed E-state index contributed by atoms with van der Waals surface area (Å²) in [7, 11) is 1.66. The fourth-order valence-electron chi connectivity index (χ4n) is 4.87. The molecule has 1 aliphatic carbocycles. The predicted molar refractivity (Wildman–Crippen MR) is 113 cm³/mol. The fourth-order valence-corrected chi connectivity index (χ4v) is 4.87. The lowest BCUT2D eigenvalue weighted by Gasteiger charge is -2.33. The standard InChI is InChI=1S/C24H25N3O2/c1-29-14-19-12-22(26-15-25-19)27-11-3-5-18(13-27)24(28)21-10-9-17-8-7-16-4-2-6-20(21)23(16)17/h2,4,6,9-10,12,15,18H,3,5,7-8,11,13-14H2,1H3/t18-/m0/s1. The van der Waals surface area contributed by atoms with Crippen molar-refractivity contribution in [3.05, 3.63) is 65.1 Å². The maximum absolute atomic E-state index is 13.5. The first-order valence-electron chi connectivity index (χ1n) is 10.4. The van der Waals surface area contributed by atoms with Crippen molar-refractivity contribution in [2.45, 2.75) is 32.3 Å². The Morgan fingerprint density at radius 3 is 2.90 bits per heavy atom. The number of methoxy groups -OCH3 is 1. The highest BCUT2D eigenvalue weighted by molar-refractivity contribution is 6.11. The van der Waals surface area contributed by atoms with Crippen LogP contribution >= 0.6 is 0 Å². The summed E-state index contributed by atoms with van der Waals surface area (Å²) in [5, 5.41) is 2.44. The zero-order valence-corrected chi connectivity index (χ0v) is 16.7. The molecule has 5 rings (SSSR count). The molecule has 5 heteroatoms. The van der Waals surface area contributed by atoms with Crippen LogP contribution in [0.4, 0.5) is 5.82 Å². The van der Waals surface area contributed by atoms with Crippen LogP contribution in [-0.2, 0) is 24.2 Å². The van der Waals surface area contributed by atoms with E-state index < -0.39 is 0 Å². The molecule has 0 amide bonds. The van der Waals surface area contributed by atoms with Crippen molar-refractivity contribution >= 4 is 22.4 Å². The van der Waals surface area contributed by atoms with Crippen molar-refractivity contribution < 1.29 is 9.53 Å². The van der Waals surface area contributed by atoms with Crippen LogP contribution in [0.25, 0.3) is 10.8 Å². The minimum atomic E-state index is -0.0111. The highest BCUT2D eigenvalue weighted by Crippen LogP contribution is 2.34. The number of anilines is 1. The topological polar surface area (TPSA) is 55.3 Å². The van der Waals surface area contributed by atoms with E-state index in [1.54, 1.807) is 13.4 Å². The molecular formula is C24H25N3O2. The molecule has 0 spiro atoms. The van der Waals surface area contributed by atoms with E-state index in [0.29, 0.717) is 13.2 Å². The molecule has 148 valence electrons. The Morgan fingerprint density at radius 1 is 1.17 bits per heavy atom. The number of carbonyl (C=O) groups is 1. The monoisotopic (exact) mass is 387 g/mol. The molecule has 0 N–H and O–H groups in total. The van der Waals surface area contributed by atoms with Gasteiger partial charge in [0.25, 0.3) is 0 Å². The van der Waals surface area contributed by atoms with Gasteiger partial charge in [0.15, 0.2) is 5.78 Å². The average molecular weight is 387 g/mol. The summed E-state index contributed by atoms with van der Waals surface area (Å²) in [5.41, 5.74) is 4.49. The molecule has 0 saturated carbocycles. The molecule has 0 radical (unpaired) electrons. The molecule has 2 aromatic carbocycles. The van der Waals surface area contributed by atoms with Gasteiger partial charge in [0.1, 0.15) is 12.1 Å². The Labute approximate surface area is 170 Å². The average Bonchev–Trinajstić information content (AvgIpc) is 3.19. The molecule has 2 aliphatic rings. The van der Waals surface area contributed by atoms with E-state index in [4.69, 9.17) is 4.74 Å². The van der Waals surface area contributed by atoms with E-state index >= 15 is 0 Å². The van der Waals surface area contributed by atoms with Gasteiger partial charge in [-0.1, -0.05) is 30.3 Å². The number of ketones is 1. The molecule has 1 aromatic heterocycles. The van der Waals surface area contributed by atoms with E-state index in [9.17, 15) is 4.79 Å². The Bertz CT molecular complexity index is 1070. The number of aromatic nitrogens is 2. The van der Waals surface area contributed by atoms with Gasteiger partial charge in [-0.3, -0.25) is 4.79 Å². The summed E-state index contributed by atoms with van der Waals surface area (Å²) < 4.78 is 5.19. The maximum Gasteiger partial charge on any atom is 0.168 e. The summed E-state index contributed by atoms with van der Waals surface area (Å²) in [4.78, 5) is 24.4. The number of rotatable bonds is 5. The predicted octanol–water partition coefficient (Wildman–Crippen LogP) is 3.97. The first-order valence-corrected chi connectivity index (χ1v) is 10.4. The summed E-state index contributed by atoms with van der Waals surface area (Å²) in [6, 6.07) is 12.6. The number of hydrogen-bond donors (Lipinski definition) is 0. The molecule has 1 aliphatic heterocycles. The lowest BCUT2D eigenvalue weighted by atomic mass is 9.87. The molecule has 5 nitrogen and oxygen atoms in total. The molecule has 2 heterocycles.